The number of amides is 1. The Balaban J connectivity index is 1.08. The number of fused-ring (bicyclic) bond motifs is 1. The second kappa shape index (κ2) is 9.06. The van der Waals surface area contributed by atoms with Crippen molar-refractivity contribution in [3.8, 4) is 17.2 Å². The van der Waals surface area contributed by atoms with Gasteiger partial charge in [0.1, 0.15) is 5.41 Å². The van der Waals surface area contributed by atoms with Crippen molar-refractivity contribution < 1.29 is 4.79 Å². The average Bonchev–Trinajstić information content (AvgIpc) is 3.44. The fourth-order valence-corrected chi connectivity index (χ4v) is 6.83. The minimum absolute atomic E-state index is 0.0949. The number of aromatic nitrogens is 2. The first-order valence-corrected chi connectivity index (χ1v) is 13.5. The predicted molar refractivity (Wildman–Crippen MR) is 151 cm³/mol. The van der Waals surface area contributed by atoms with Crippen LogP contribution in [-0.2, 0) is 16.6 Å². The van der Waals surface area contributed by atoms with Crippen LogP contribution in [0.15, 0.2) is 103 Å². The average molecular weight is 525 g/mol. The van der Waals surface area contributed by atoms with Crippen LogP contribution in [0.3, 0.4) is 0 Å². The largest absolute Gasteiger partial charge is 0.353 e. The molecule has 3 aliphatic carbocycles. The molecule has 7 heteroatoms. The molecule has 2 bridgehead atoms. The third-order valence-electron chi connectivity index (χ3n) is 8.66. The molecular weight excluding hydrogens is 496 g/mol. The van der Waals surface area contributed by atoms with Crippen molar-refractivity contribution in [2.75, 3.05) is 0 Å². The van der Waals surface area contributed by atoms with Gasteiger partial charge in [-0.05, 0) is 64.9 Å². The highest BCUT2D eigenvalue weighted by Crippen LogP contribution is 2.63. The summed E-state index contributed by atoms with van der Waals surface area (Å²) in [5.74, 6) is -0.280. The number of nitrogens with one attached hydrogen (secondary N) is 3. The van der Waals surface area contributed by atoms with Crippen LogP contribution in [0.25, 0.3) is 11.1 Å². The summed E-state index contributed by atoms with van der Waals surface area (Å²) in [5, 5.41) is 20.4. The third-order valence-corrected chi connectivity index (χ3v) is 8.66. The zero-order chi connectivity index (χ0) is 27.3. The standard InChI is InChI=1S/C33H28N6O/c1-32(19-33(20-34)27-7-3-2-5-25(27)28(32)26-6-4-14-36-29(26)33)30(40)39-31-37-18-24(38-31)17-21-8-10-22(11-9-21)23-12-15-35-16-13-23/h2-16,18,28,31,37-38H,17,19H2,1H3,(H,39,40). The number of benzene rings is 2. The van der Waals surface area contributed by atoms with Gasteiger partial charge in [0.05, 0.1) is 17.2 Å². The number of pyridine rings is 2. The molecule has 3 N–H and O–H groups in total. The van der Waals surface area contributed by atoms with E-state index in [9.17, 15) is 10.1 Å². The van der Waals surface area contributed by atoms with Gasteiger partial charge in [-0.2, -0.15) is 5.26 Å². The molecule has 4 aliphatic rings. The number of hydrogen-bond donors (Lipinski definition) is 3. The Labute approximate surface area is 233 Å². The molecule has 4 unspecified atom stereocenters. The summed E-state index contributed by atoms with van der Waals surface area (Å²) in [7, 11) is 0. The zero-order valence-electron chi connectivity index (χ0n) is 22.1. The van der Waals surface area contributed by atoms with E-state index in [1.807, 2.05) is 55.6 Å². The van der Waals surface area contributed by atoms with Crippen LogP contribution in [0.4, 0.5) is 0 Å². The second-order valence-corrected chi connectivity index (χ2v) is 11.1. The highest BCUT2D eigenvalue weighted by molar-refractivity contribution is 5.87. The van der Waals surface area contributed by atoms with Crippen molar-refractivity contribution in [1.82, 2.24) is 25.9 Å². The molecule has 0 fully saturated rings. The molecule has 3 heterocycles. The van der Waals surface area contributed by atoms with E-state index >= 15 is 0 Å². The Kier molecular flexibility index (Phi) is 5.46. The first-order chi connectivity index (χ1) is 19.5. The normalized spacial score (nSPS) is 25.4. The van der Waals surface area contributed by atoms with E-state index in [-0.39, 0.29) is 11.8 Å². The van der Waals surface area contributed by atoms with Crippen molar-refractivity contribution in [2.45, 2.75) is 37.4 Å². The van der Waals surface area contributed by atoms with E-state index in [4.69, 9.17) is 0 Å². The molecule has 4 atom stereocenters. The zero-order valence-corrected chi connectivity index (χ0v) is 22.1. The van der Waals surface area contributed by atoms with E-state index in [2.05, 4.69) is 62.3 Å². The van der Waals surface area contributed by atoms with Crippen molar-refractivity contribution in [3.05, 3.63) is 131 Å². The molecular formula is C33H28N6O. The highest BCUT2D eigenvalue weighted by Gasteiger charge is 2.62. The lowest BCUT2D eigenvalue weighted by Crippen LogP contribution is -2.59. The molecule has 196 valence electrons. The molecule has 0 spiro atoms. The minimum Gasteiger partial charge on any atom is -0.353 e. The molecule has 8 rings (SSSR count). The van der Waals surface area contributed by atoms with Crippen LogP contribution in [0.5, 0.6) is 0 Å². The molecule has 1 aliphatic heterocycles. The molecule has 0 radical (unpaired) electrons. The van der Waals surface area contributed by atoms with Crippen LogP contribution in [-0.4, -0.2) is 22.2 Å². The van der Waals surface area contributed by atoms with Gasteiger partial charge < -0.3 is 16.0 Å². The fraction of sp³-hybridized carbons (Fsp3) is 0.212. The van der Waals surface area contributed by atoms with Crippen LogP contribution in [0.1, 0.15) is 47.2 Å². The van der Waals surface area contributed by atoms with Crippen LogP contribution < -0.4 is 16.0 Å². The maximum absolute atomic E-state index is 14.0. The third kappa shape index (κ3) is 3.60. The topological polar surface area (TPSA) is 103 Å². The van der Waals surface area contributed by atoms with Gasteiger partial charge in [-0.25, -0.2) is 0 Å². The molecule has 0 saturated heterocycles. The molecule has 0 saturated carbocycles. The number of allylic oxidation sites excluding steroid dienone is 1. The first kappa shape index (κ1) is 24.1. The second-order valence-electron chi connectivity index (χ2n) is 11.1. The summed E-state index contributed by atoms with van der Waals surface area (Å²) >= 11 is 0. The Morgan fingerprint density at radius 2 is 1.75 bits per heavy atom. The summed E-state index contributed by atoms with van der Waals surface area (Å²) in [5.41, 5.74) is 6.40. The van der Waals surface area contributed by atoms with Gasteiger partial charge in [-0.3, -0.25) is 14.8 Å². The summed E-state index contributed by atoms with van der Waals surface area (Å²) in [6.45, 7) is 1.98. The van der Waals surface area contributed by atoms with E-state index in [1.54, 1.807) is 18.6 Å². The SMILES string of the molecule is CC1(C(=O)NC2NC=C(Cc3ccc(-c4ccncc4)cc3)N2)CC2(C#N)c3ccccc3C1c1cccnc12. The van der Waals surface area contributed by atoms with Gasteiger partial charge in [0, 0.05) is 42.8 Å². The lowest BCUT2D eigenvalue weighted by molar-refractivity contribution is -0.133. The quantitative estimate of drug-likeness (QED) is 0.356. The number of nitrogens with zero attached hydrogens (tertiary/aromatic N) is 3. The number of carbonyl (C=O) groups is 1. The van der Waals surface area contributed by atoms with E-state index in [0.29, 0.717) is 12.8 Å². The molecule has 4 aromatic rings. The maximum atomic E-state index is 14.0. The van der Waals surface area contributed by atoms with Crippen LogP contribution >= 0.6 is 0 Å². The monoisotopic (exact) mass is 524 g/mol. The summed E-state index contributed by atoms with van der Waals surface area (Å²) in [4.78, 5) is 22.8. The van der Waals surface area contributed by atoms with Crippen LogP contribution in [0, 0.1) is 16.7 Å². The van der Waals surface area contributed by atoms with E-state index in [0.717, 1.165) is 39.2 Å². The molecule has 1 amide bonds. The van der Waals surface area contributed by atoms with Gasteiger partial charge in [0.25, 0.3) is 0 Å². The Hall–Kier alpha value is -4.96. The van der Waals surface area contributed by atoms with Gasteiger partial charge in [0.15, 0.2) is 6.29 Å². The van der Waals surface area contributed by atoms with Crippen molar-refractivity contribution >= 4 is 5.91 Å². The van der Waals surface area contributed by atoms with Crippen molar-refractivity contribution in [1.29, 1.82) is 5.26 Å². The molecule has 40 heavy (non-hydrogen) atoms. The predicted octanol–water partition coefficient (Wildman–Crippen LogP) is 4.49. The molecule has 2 aromatic heterocycles. The summed E-state index contributed by atoms with van der Waals surface area (Å²) in [6, 6.07) is 27.0. The number of hydrogen-bond acceptors (Lipinski definition) is 6. The van der Waals surface area contributed by atoms with Gasteiger partial charge >= 0.3 is 0 Å². The fourth-order valence-electron chi connectivity index (χ4n) is 6.83. The first-order valence-electron chi connectivity index (χ1n) is 13.5. The summed E-state index contributed by atoms with van der Waals surface area (Å²) < 4.78 is 0. The van der Waals surface area contributed by atoms with E-state index < -0.39 is 17.1 Å². The van der Waals surface area contributed by atoms with Crippen molar-refractivity contribution in [3.63, 3.8) is 0 Å². The Bertz CT molecular complexity index is 1640. The highest BCUT2D eigenvalue weighted by atomic mass is 16.2. The minimum atomic E-state index is -0.962. The number of carbonyl (C=O) groups excluding carboxylic acids is 1. The van der Waals surface area contributed by atoms with Crippen molar-refractivity contribution in [2.24, 2.45) is 5.41 Å². The number of nitriles is 1. The van der Waals surface area contributed by atoms with Crippen LogP contribution in [0.2, 0.25) is 0 Å². The van der Waals surface area contributed by atoms with E-state index in [1.165, 1.54) is 5.56 Å². The maximum Gasteiger partial charge on any atom is 0.229 e. The lowest BCUT2D eigenvalue weighted by atomic mass is 9.48. The Morgan fingerprint density at radius 1 is 1.00 bits per heavy atom. The Morgan fingerprint density at radius 3 is 2.55 bits per heavy atom. The lowest BCUT2D eigenvalue weighted by Gasteiger charge is -2.53. The summed E-state index contributed by atoms with van der Waals surface area (Å²) in [6.07, 6.45) is 7.91. The number of rotatable bonds is 5. The van der Waals surface area contributed by atoms with Gasteiger partial charge in [-0.1, -0.05) is 54.6 Å². The van der Waals surface area contributed by atoms with Gasteiger partial charge in [0.2, 0.25) is 5.91 Å². The van der Waals surface area contributed by atoms with Gasteiger partial charge in [-0.15, -0.1) is 0 Å². The molecule has 7 nitrogen and oxygen atoms in total. The molecule has 2 aromatic carbocycles. The smallest absolute Gasteiger partial charge is 0.229 e.